The molecule has 130 valence electrons. The van der Waals surface area contributed by atoms with Gasteiger partial charge in [-0.3, -0.25) is 9.59 Å². The number of amides is 2. The van der Waals surface area contributed by atoms with Gasteiger partial charge in [0, 0.05) is 21.3 Å². The fourth-order valence-electron chi connectivity index (χ4n) is 1.83. The van der Waals surface area contributed by atoms with Crippen LogP contribution in [0.25, 0.3) is 0 Å². The normalized spacial score (nSPS) is 10.5. The Bertz CT molecular complexity index is 820. The lowest BCUT2D eigenvalue weighted by atomic mass is 10.2. The number of hydrazone groups is 1. The number of hydrogen-bond donors (Lipinski definition) is 3. The van der Waals surface area contributed by atoms with Crippen LogP contribution in [0, 0.1) is 0 Å². The monoisotopic (exact) mass is 381 g/mol. The fraction of sp³-hybridized carbons (Fsp3) is 0.0625. The third-order valence-electron chi connectivity index (χ3n) is 2.95. The Morgan fingerprint density at radius 2 is 1.84 bits per heavy atom. The Kier molecular flexibility index (Phi) is 6.21. The third kappa shape index (κ3) is 5.10. The lowest BCUT2D eigenvalue weighted by Crippen LogP contribution is -2.32. The second-order valence-corrected chi connectivity index (χ2v) is 5.58. The molecule has 0 aromatic heterocycles. The molecule has 0 atom stereocenters. The number of methoxy groups -OCH3 is 1. The SMILES string of the molecule is COc1cccc(/C=N/NC(=O)C(=O)Nc2cc(Cl)cc(Cl)c2)c1O. The molecule has 2 amide bonds. The van der Waals surface area contributed by atoms with Gasteiger partial charge in [0.15, 0.2) is 11.5 Å². The van der Waals surface area contributed by atoms with Crippen molar-refractivity contribution in [2.24, 2.45) is 5.10 Å². The molecule has 7 nitrogen and oxygen atoms in total. The quantitative estimate of drug-likeness (QED) is 0.430. The van der Waals surface area contributed by atoms with Crippen molar-refractivity contribution in [2.75, 3.05) is 12.4 Å². The molecule has 0 saturated heterocycles. The highest BCUT2D eigenvalue weighted by atomic mass is 35.5. The number of rotatable bonds is 4. The van der Waals surface area contributed by atoms with Crippen molar-refractivity contribution >= 4 is 46.9 Å². The maximum Gasteiger partial charge on any atom is 0.329 e. The first-order valence-corrected chi connectivity index (χ1v) is 7.62. The van der Waals surface area contributed by atoms with Crippen LogP contribution in [0.2, 0.25) is 10.0 Å². The first-order chi connectivity index (χ1) is 11.9. The largest absolute Gasteiger partial charge is 0.504 e. The number of benzene rings is 2. The van der Waals surface area contributed by atoms with Gasteiger partial charge < -0.3 is 15.2 Å². The Hall–Kier alpha value is -2.77. The van der Waals surface area contributed by atoms with Crippen molar-refractivity contribution in [3.05, 3.63) is 52.0 Å². The summed E-state index contributed by atoms with van der Waals surface area (Å²) in [4.78, 5) is 23.5. The minimum Gasteiger partial charge on any atom is -0.504 e. The molecule has 0 heterocycles. The van der Waals surface area contributed by atoms with Crippen LogP contribution in [0.4, 0.5) is 5.69 Å². The van der Waals surface area contributed by atoms with E-state index in [9.17, 15) is 14.7 Å². The van der Waals surface area contributed by atoms with Crippen LogP contribution in [0.3, 0.4) is 0 Å². The van der Waals surface area contributed by atoms with Gasteiger partial charge in [-0.15, -0.1) is 0 Å². The van der Waals surface area contributed by atoms with E-state index in [4.69, 9.17) is 27.9 Å². The minimum atomic E-state index is -1.00. The van der Waals surface area contributed by atoms with Crippen LogP contribution < -0.4 is 15.5 Å². The number of carbonyl (C=O) groups is 2. The number of nitrogens with one attached hydrogen (secondary N) is 2. The van der Waals surface area contributed by atoms with Crippen LogP contribution in [0.15, 0.2) is 41.5 Å². The van der Waals surface area contributed by atoms with Crippen molar-refractivity contribution in [3.63, 3.8) is 0 Å². The minimum absolute atomic E-state index is 0.138. The van der Waals surface area contributed by atoms with E-state index >= 15 is 0 Å². The predicted molar refractivity (Wildman–Crippen MR) is 95.5 cm³/mol. The first kappa shape index (κ1) is 18.6. The smallest absolute Gasteiger partial charge is 0.329 e. The summed E-state index contributed by atoms with van der Waals surface area (Å²) in [5.41, 5.74) is 2.62. The van der Waals surface area contributed by atoms with Gasteiger partial charge >= 0.3 is 11.8 Å². The summed E-state index contributed by atoms with van der Waals surface area (Å²) >= 11 is 11.6. The number of anilines is 1. The molecule has 0 aliphatic rings. The average Bonchev–Trinajstić information content (AvgIpc) is 2.55. The van der Waals surface area contributed by atoms with Crippen LogP contribution in [-0.4, -0.2) is 30.2 Å². The molecule has 9 heteroatoms. The molecule has 0 radical (unpaired) electrons. The van der Waals surface area contributed by atoms with Crippen molar-refractivity contribution in [3.8, 4) is 11.5 Å². The lowest BCUT2D eigenvalue weighted by Gasteiger charge is -2.06. The number of ether oxygens (including phenoxy) is 1. The summed E-state index contributed by atoms with van der Waals surface area (Å²) in [6.45, 7) is 0. The van der Waals surface area contributed by atoms with Crippen LogP contribution >= 0.6 is 23.2 Å². The van der Waals surface area contributed by atoms with Gasteiger partial charge in [0.05, 0.1) is 13.3 Å². The molecular formula is C16H13Cl2N3O4. The van der Waals surface area contributed by atoms with Gasteiger partial charge in [-0.2, -0.15) is 5.10 Å². The van der Waals surface area contributed by atoms with Gasteiger partial charge in [-0.05, 0) is 30.3 Å². The number of nitrogens with zero attached hydrogens (tertiary/aromatic N) is 1. The van der Waals surface area contributed by atoms with Gasteiger partial charge in [0.25, 0.3) is 0 Å². The molecular weight excluding hydrogens is 369 g/mol. The molecule has 3 N–H and O–H groups in total. The standard InChI is InChI=1S/C16H13Cl2N3O4/c1-25-13-4-2-3-9(14(13)22)8-19-21-16(24)15(23)20-12-6-10(17)5-11(18)7-12/h2-8,22H,1H3,(H,20,23)(H,21,24)/b19-8+. The average molecular weight is 382 g/mol. The summed E-state index contributed by atoms with van der Waals surface area (Å²) in [5.74, 6) is -1.84. The van der Waals surface area contributed by atoms with E-state index in [-0.39, 0.29) is 17.2 Å². The Morgan fingerprint density at radius 1 is 1.16 bits per heavy atom. The van der Waals surface area contributed by atoms with Crippen LogP contribution in [-0.2, 0) is 9.59 Å². The second kappa shape index (κ2) is 8.36. The van der Waals surface area contributed by atoms with Gasteiger partial charge in [0.2, 0.25) is 0 Å². The molecule has 0 spiro atoms. The lowest BCUT2D eigenvalue weighted by molar-refractivity contribution is -0.136. The zero-order valence-corrected chi connectivity index (χ0v) is 14.4. The van der Waals surface area contributed by atoms with Gasteiger partial charge in [-0.25, -0.2) is 5.43 Å². The van der Waals surface area contributed by atoms with E-state index < -0.39 is 11.8 Å². The Labute approximate surface area is 153 Å². The Morgan fingerprint density at radius 3 is 2.48 bits per heavy atom. The molecule has 0 unspecified atom stereocenters. The zero-order chi connectivity index (χ0) is 18.4. The van der Waals surface area contributed by atoms with Crippen LogP contribution in [0.5, 0.6) is 11.5 Å². The predicted octanol–water partition coefficient (Wildman–Crippen LogP) is 2.80. The zero-order valence-electron chi connectivity index (χ0n) is 12.9. The molecule has 25 heavy (non-hydrogen) atoms. The highest BCUT2D eigenvalue weighted by Crippen LogP contribution is 2.27. The molecule has 2 aromatic carbocycles. The maximum absolute atomic E-state index is 11.8. The van der Waals surface area contributed by atoms with E-state index in [2.05, 4.69) is 10.4 Å². The number of phenolic OH excluding ortho intramolecular Hbond substituents is 1. The number of carbonyl (C=O) groups excluding carboxylic acids is 2. The van der Waals surface area contributed by atoms with E-state index in [0.29, 0.717) is 15.6 Å². The van der Waals surface area contributed by atoms with Gasteiger partial charge in [0.1, 0.15) is 0 Å². The fourth-order valence-corrected chi connectivity index (χ4v) is 2.36. The van der Waals surface area contributed by atoms with Crippen molar-refractivity contribution < 1.29 is 19.4 Å². The van der Waals surface area contributed by atoms with E-state index in [1.54, 1.807) is 18.2 Å². The Balaban J connectivity index is 1.98. The highest BCUT2D eigenvalue weighted by molar-refractivity contribution is 6.40. The van der Waals surface area contributed by atoms with Crippen molar-refractivity contribution in [1.29, 1.82) is 0 Å². The van der Waals surface area contributed by atoms with Crippen molar-refractivity contribution in [2.45, 2.75) is 0 Å². The number of phenols is 1. The summed E-state index contributed by atoms with van der Waals surface area (Å²) in [6.07, 6.45) is 1.18. The summed E-state index contributed by atoms with van der Waals surface area (Å²) in [5, 5.41) is 16.5. The highest BCUT2D eigenvalue weighted by Gasteiger charge is 2.13. The van der Waals surface area contributed by atoms with E-state index in [0.717, 1.165) is 0 Å². The molecule has 2 rings (SSSR count). The summed E-state index contributed by atoms with van der Waals surface area (Å²) in [6, 6.07) is 9.13. The molecule has 0 bridgehead atoms. The molecule has 0 aliphatic heterocycles. The van der Waals surface area contributed by atoms with E-state index in [1.165, 1.54) is 31.5 Å². The summed E-state index contributed by atoms with van der Waals surface area (Å²) in [7, 11) is 1.41. The molecule has 0 fully saturated rings. The number of para-hydroxylation sites is 1. The second-order valence-electron chi connectivity index (χ2n) is 4.71. The van der Waals surface area contributed by atoms with Gasteiger partial charge in [-0.1, -0.05) is 29.3 Å². The number of halogens is 2. The third-order valence-corrected chi connectivity index (χ3v) is 3.38. The number of hydrogen-bond acceptors (Lipinski definition) is 5. The molecule has 0 saturated carbocycles. The van der Waals surface area contributed by atoms with E-state index in [1.807, 2.05) is 5.43 Å². The summed E-state index contributed by atoms with van der Waals surface area (Å²) < 4.78 is 4.95. The van der Waals surface area contributed by atoms with Crippen molar-refractivity contribution in [1.82, 2.24) is 5.43 Å². The number of aromatic hydroxyl groups is 1. The first-order valence-electron chi connectivity index (χ1n) is 6.87. The topological polar surface area (TPSA) is 100 Å². The molecule has 2 aromatic rings. The van der Waals surface area contributed by atoms with Crippen LogP contribution in [0.1, 0.15) is 5.56 Å². The molecule has 0 aliphatic carbocycles. The maximum atomic E-state index is 11.8.